The van der Waals surface area contributed by atoms with Crippen LogP contribution in [0.2, 0.25) is 0 Å². The zero-order valence-corrected chi connectivity index (χ0v) is 19.1. The van der Waals surface area contributed by atoms with Crippen molar-refractivity contribution in [1.29, 1.82) is 0 Å². The van der Waals surface area contributed by atoms with Crippen molar-refractivity contribution in [3.63, 3.8) is 0 Å². The van der Waals surface area contributed by atoms with Gasteiger partial charge in [-0.2, -0.15) is 0 Å². The number of carbonyl (C=O) groups is 3. The maximum absolute atomic E-state index is 14.3. The fraction of sp³-hybridized carbons (Fsp3) is 0.591. The first-order chi connectivity index (χ1) is 16.5. The van der Waals surface area contributed by atoms with Gasteiger partial charge in [-0.1, -0.05) is 6.07 Å². The van der Waals surface area contributed by atoms with Crippen molar-refractivity contribution in [3.05, 3.63) is 29.6 Å². The number of likely N-dealkylation sites (tertiary alicyclic amines) is 1. The molecule has 1 unspecified atom stereocenters. The van der Waals surface area contributed by atoms with Gasteiger partial charge in [-0.3, -0.25) is 4.79 Å². The third-order valence-electron chi connectivity index (χ3n) is 6.68. The second-order valence-corrected chi connectivity index (χ2v) is 9.18. The predicted molar refractivity (Wildman–Crippen MR) is 115 cm³/mol. The highest BCUT2D eigenvalue weighted by Crippen LogP contribution is 2.41. The van der Waals surface area contributed by atoms with E-state index in [4.69, 9.17) is 0 Å². The maximum atomic E-state index is 14.3. The first kappa shape index (κ1) is 24.9. The SMILES string of the molecule is CNC(=O)N1C[C@H](N(C(=O)NCc2ccc(OC(F)(F)F)cc2F)C2CC2)CC2(CCNC2=O)C1. The number of piperidine rings is 1. The Morgan fingerprint density at radius 1 is 1.29 bits per heavy atom. The third kappa shape index (κ3) is 5.54. The molecule has 1 aliphatic carbocycles. The van der Waals surface area contributed by atoms with Gasteiger partial charge in [0.1, 0.15) is 11.6 Å². The Morgan fingerprint density at radius 2 is 2.03 bits per heavy atom. The van der Waals surface area contributed by atoms with Crippen molar-refractivity contribution >= 4 is 18.0 Å². The van der Waals surface area contributed by atoms with Gasteiger partial charge in [-0.05, 0) is 31.7 Å². The largest absolute Gasteiger partial charge is 0.573 e. The molecular weight excluding hydrogens is 474 g/mol. The second kappa shape index (κ2) is 9.42. The molecular formula is C22H27F4N5O4. The van der Waals surface area contributed by atoms with Gasteiger partial charge in [0.05, 0.1) is 11.5 Å². The molecule has 2 heterocycles. The van der Waals surface area contributed by atoms with Gasteiger partial charge >= 0.3 is 18.4 Å². The smallest absolute Gasteiger partial charge is 0.406 e. The first-order valence-electron chi connectivity index (χ1n) is 11.4. The molecule has 1 aromatic carbocycles. The normalized spacial score (nSPS) is 24.2. The van der Waals surface area contributed by atoms with Crippen molar-refractivity contribution in [3.8, 4) is 5.75 Å². The molecule has 1 aromatic rings. The van der Waals surface area contributed by atoms with Crippen LogP contribution in [0.1, 0.15) is 31.2 Å². The number of nitrogens with zero attached hydrogens (tertiary/aromatic N) is 2. The molecule has 5 amide bonds. The summed E-state index contributed by atoms with van der Waals surface area (Å²) >= 11 is 0. The minimum absolute atomic E-state index is 0.00843. The topological polar surface area (TPSA) is 103 Å². The van der Waals surface area contributed by atoms with E-state index < -0.39 is 35.4 Å². The van der Waals surface area contributed by atoms with E-state index in [1.165, 1.54) is 7.05 Å². The van der Waals surface area contributed by atoms with Crippen LogP contribution in [0.15, 0.2) is 18.2 Å². The second-order valence-electron chi connectivity index (χ2n) is 9.18. The molecule has 35 heavy (non-hydrogen) atoms. The van der Waals surface area contributed by atoms with Crippen molar-refractivity contribution in [2.24, 2.45) is 5.41 Å². The van der Waals surface area contributed by atoms with Crippen LogP contribution in [0.25, 0.3) is 0 Å². The Morgan fingerprint density at radius 3 is 2.60 bits per heavy atom. The fourth-order valence-electron chi connectivity index (χ4n) is 4.94. The Balaban J connectivity index is 1.48. The molecule has 1 saturated carbocycles. The van der Waals surface area contributed by atoms with Crippen LogP contribution in [0.4, 0.5) is 27.2 Å². The molecule has 13 heteroatoms. The quantitative estimate of drug-likeness (QED) is 0.539. The molecule has 0 bridgehead atoms. The molecule has 9 nitrogen and oxygen atoms in total. The van der Waals surface area contributed by atoms with Gasteiger partial charge in [0.15, 0.2) is 0 Å². The lowest BCUT2D eigenvalue weighted by Gasteiger charge is -2.46. The van der Waals surface area contributed by atoms with Crippen molar-refractivity contribution in [1.82, 2.24) is 25.8 Å². The van der Waals surface area contributed by atoms with Crippen LogP contribution in [-0.2, 0) is 11.3 Å². The number of halogens is 4. The monoisotopic (exact) mass is 501 g/mol. The van der Waals surface area contributed by atoms with Crippen LogP contribution in [0.5, 0.6) is 5.75 Å². The molecule has 3 fully saturated rings. The summed E-state index contributed by atoms with van der Waals surface area (Å²) in [6.45, 7) is 0.747. The summed E-state index contributed by atoms with van der Waals surface area (Å²) < 4.78 is 55.1. The summed E-state index contributed by atoms with van der Waals surface area (Å²) in [6, 6.07) is 1.38. The number of hydrogen-bond acceptors (Lipinski definition) is 4. The van der Waals surface area contributed by atoms with Gasteiger partial charge in [0, 0.05) is 50.9 Å². The maximum Gasteiger partial charge on any atom is 0.573 e. The molecule has 2 aliphatic heterocycles. The summed E-state index contributed by atoms with van der Waals surface area (Å²) in [7, 11) is 1.50. The van der Waals surface area contributed by atoms with Gasteiger partial charge in [-0.25, -0.2) is 14.0 Å². The first-order valence-corrected chi connectivity index (χ1v) is 11.4. The summed E-state index contributed by atoms with van der Waals surface area (Å²) in [4.78, 5) is 41.5. The Labute approximate surface area is 199 Å². The van der Waals surface area contributed by atoms with E-state index in [9.17, 15) is 31.9 Å². The average molecular weight is 501 g/mol. The van der Waals surface area contributed by atoms with E-state index in [1.54, 1.807) is 9.80 Å². The van der Waals surface area contributed by atoms with Crippen molar-refractivity contribution in [2.45, 2.75) is 50.7 Å². The molecule has 192 valence electrons. The lowest BCUT2D eigenvalue weighted by Crippen LogP contribution is -2.62. The zero-order chi connectivity index (χ0) is 25.4. The summed E-state index contributed by atoms with van der Waals surface area (Å²) in [6.07, 6.45) is -2.47. The average Bonchev–Trinajstić information content (AvgIpc) is 3.56. The van der Waals surface area contributed by atoms with E-state index in [2.05, 4.69) is 20.7 Å². The number of urea groups is 2. The Hall–Kier alpha value is -3.25. The highest BCUT2D eigenvalue weighted by molar-refractivity contribution is 5.86. The number of nitrogens with one attached hydrogen (secondary N) is 3. The van der Waals surface area contributed by atoms with Crippen LogP contribution in [0.3, 0.4) is 0 Å². The minimum Gasteiger partial charge on any atom is -0.406 e. The number of amides is 5. The summed E-state index contributed by atoms with van der Waals surface area (Å²) in [5, 5.41) is 8.04. The molecule has 4 rings (SSSR count). The lowest BCUT2D eigenvalue weighted by atomic mass is 9.76. The summed E-state index contributed by atoms with van der Waals surface area (Å²) in [5.41, 5.74) is -0.797. The molecule has 3 N–H and O–H groups in total. The van der Waals surface area contributed by atoms with Crippen LogP contribution < -0.4 is 20.7 Å². The van der Waals surface area contributed by atoms with Gasteiger partial charge in [0.2, 0.25) is 5.91 Å². The standard InChI is InChI=1S/C22H27F4N5O4/c1-27-19(33)30-11-15(9-21(12-30)6-7-28-18(21)32)31(14-3-4-14)20(34)29-10-13-2-5-16(8-17(13)23)35-22(24,25)26/h2,5,8,14-15H,3-4,6-7,9-12H2,1H3,(H,27,33)(H,28,32)(H,29,34)/t15-,21?/m1/s1. The molecule has 1 spiro atoms. The number of hydrogen-bond donors (Lipinski definition) is 3. The van der Waals surface area contributed by atoms with Crippen LogP contribution in [0, 0.1) is 11.2 Å². The minimum atomic E-state index is -4.94. The molecule has 0 radical (unpaired) electrons. The molecule has 3 aliphatic rings. The number of rotatable bonds is 5. The Bertz CT molecular complexity index is 1000. The van der Waals surface area contributed by atoms with Crippen LogP contribution in [-0.4, -0.2) is 72.9 Å². The predicted octanol–water partition coefficient (Wildman–Crippen LogP) is 2.32. The van der Waals surface area contributed by atoms with Crippen molar-refractivity contribution in [2.75, 3.05) is 26.7 Å². The number of alkyl halides is 3. The van der Waals surface area contributed by atoms with E-state index >= 15 is 0 Å². The highest BCUT2D eigenvalue weighted by Gasteiger charge is 2.52. The van der Waals surface area contributed by atoms with E-state index in [0.29, 0.717) is 25.5 Å². The van der Waals surface area contributed by atoms with E-state index in [0.717, 1.165) is 25.0 Å². The van der Waals surface area contributed by atoms with Gasteiger partial charge < -0.3 is 30.5 Å². The van der Waals surface area contributed by atoms with Crippen molar-refractivity contribution < 1.29 is 36.7 Å². The Kier molecular flexibility index (Phi) is 6.69. The third-order valence-corrected chi connectivity index (χ3v) is 6.68. The van der Waals surface area contributed by atoms with Gasteiger partial charge in [0.25, 0.3) is 0 Å². The van der Waals surface area contributed by atoms with Crippen LogP contribution >= 0.6 is 0 Å². The number of ether oxygens (including phenoxy) is 1. The summed E-state index contributed by atoms with van der Waals surface area (Å²) in [5.74, 6) is -1.79. The van der Waals surface area contributed by atoms with Gasteiger partial charge in [-0.15, -0.1) is 13.2 Å². The van der Waals surface area contributed by atoms with E-state index in [-0.39, 0.29) is 43.2 Å². The number of benzene rings is 1. The fourth-order valence-corrected chi connectivity index (χ4v) is 4.94. The number of carbonyl (C=O) groups excluding carboxylic acids is 3. The zero-order valence-electron chi connectivity index (χ0n) is 19.1. The highest BCUT2D eigenvalue weighted by atomic mass is 19.4. The van der Waals surface area contributed by atoms with E-state index in [1.807, 2.05) is 0 Å². The lowest BCUT2D eigenvalue weighted by molar-refractivity contribution is -0.274. The molecule has 2 atom stereocenters. The molecule has 0 aromatic heterocycles. The molecule has 2 saturated heterocycles.